The fourth-order valence-corrected chi connectivity index (χ4v) is 4.41. The van der Waals surface area contributed by atoms with Gasteiger partial charge in [0, 0.05) is 25.0 Å². The van der Waals surface area contributed by atoms with Gasteiger partial charge in [0.2, 0.25) is 0 Å². The molecule has 1 saturated heterocycles. The Kier molecular flexibility index (Phi) is 5.22. The summed E-state index contributed by atoms with van der Waals surface area (Å²) in [7, 11) is -3.03. The molecule has 1 aromatic rings. The van der Waals surface area contributed by atoms with E-state index in [4.69, 9.17) is 11.6 Å². The SMILES string of the molecule is CCCCN(C(=O)c1cnccc1Cl)C1CCS(=O)(=O)C1. The molecular weight excluding hydrogens is 312 g/mol. The summed E-state index contributed by atoms with van der Waals surface area (Å²) in [6, 6.07) is 1.31. The van der Waals surface area contributed by atoms with E-state index in [0.717, 1.165) is 12.8 Å². The number of unbranched alkanes of at least 4 members (excludes halogenated alkanes) is 1. The van der Waals surface area contributed by atoms with Gasteiger partial charge >= 0.3 is 0 Å². The highest BCUT2D eigenvalue weighted by molar-refractivity contribution is 7.91. The van der Waals surface area contributed by atoms with Crippen molar-refractivity contribution in [3.63, 3.8) is 0 Å². The molecule has 1 fully saturated rings. The zero-order valence-electron chi connectivity index (χ0n) is 12.0. The summed E-state index contributed by atoms with van der Waals surface area (Å²) < 4.78 is 23.3. The van der Waals surface area contributed by atoms with E-state index in [0.29, 0.717) is 23.6 Å². The monoisotopic (exact) mass is 330 g/mol. The minimum Gasteiger partial charge on any atom is -0.335 e. The van der Waals surface area contributed by atoms with Crippen LogP contribution in [0.1, 0.15) is 36.5 Å². The standard InChI is InChI=1S/C14H19ClN2O3S/c1-2-3-7-17(11-5-8-21(19,20)10-11)14(18)12-9-16-6-4-13(12)15/h4,6,9,11H,2-3,5,7-8,10H2,1H3. The van der Waals surface area contributed by atoms with Gasteiger partial charge in [0.05, 0.1) is 22.1 Å². The summed E-state index contributed by atoms with van der Waals surface area (Å²) in [5.41, 5.74) is 0.333. The van der Waals surface area contributed by atoms with Crippen LogP contribution in [0, 0.1) is 0 Å². The highest BCUT2D eigenvalue weighted by atomic mass is 35.5. The van der Waals surface area contributed by atoms with Crippen LogP contribution < -0.4 is 0 Å². The Morgan fingerprint density at radius 2 is 2.29 bits per heavy atom. The fourth-order valence-electron chi connectivity index (χ4n) is 2.49. The van der Waals surface area contributed by atoms with E-state index >= 15 is 0 Å². The van der Waals surface area contributed by atoms with Crippen LogP contribution in [0.3, 0.4) is 0 Å². The normalized spacial score (nSPS) is 20.4. The van der Waals surface area contributed by atoms with Gasteiger partial charge in [-0.25, -0.2) is 8.42 Å². The average molecular weight is 331 g/mol. The van der Waals surface area contributed by atoms with Crippen LogP contribution in [-0.4, -0.2) is 48.3 Å². The van der Waals surface area contributed by atoms with Crippen molar-refractivity contribution in [1.29, 1.82) is 0 Å². The van der Waals surface area contributed by atoms with Crippen molar-refractivity contribution in [3.05, 3.63) is 29.0 Å². The van der Waals surface area contributed by atoms with E-state index in [1.54, 1.807) is 11.0 Å². The molecule has 0 bridgehead atoms. The molecule has 0 spiro atoms. The van der Waals surface area contributed by atoms with Crippen molar-refractivity contribution in [1.82, 2.24) is 9.88 Å². The third-order valence-corrected chi connectivity index (χ3v) is 5.74. The smallest absolute Gasteiger partial charge is 0.257 e. The predicted molar refractivity (Wildman–Crippen MR) is 82.3 cm³/mol. The van der Waals surface area contributed by atoms with Crippen LogP contribution in [0.15, 0.2) is 18.5 Å². The lowest BCUT2D eigenvalue weighted by atomic mass is 10.1. The van der Waals surface area contributed by atoms with Gasteiger partial charge in [-0.3, -0.25) is 9.78 Å². The van der Waals surface area contributed by atoms with Crippen molar-refractivity contribution in [2.24, 2.45) is 0 Å². The number of halogens is 1. The Balaban J connectivity index is 2.24. The molecule has 1 aliphatic rings. The number of hydrogen-bond acceptors (Lipinski definition) is 4. The Morgan fingerprint density at radius 1 is 1.52 bits per heavy atom. The number of aromatic nitrogens is 1. The van der Waals surface area contributed by atoms with E-state index in [1.807, 2.05) is 6.92 Å². The zero-order chi connectivity index (χ0) is 15.5. The van der Waals surface area contributed by atoms with Crippen LogP contribution in [0.25, 0.3) is 0 Å². The Bertz CT molecular complexity index is 618. The van der Waals surface area contributed by atoms with Crippen molar-refractivity contribution in [2.75, 3.05) is 18.1 Å². The third kappa shape index (κ3) is 3.95. The molecule has 0 aliphatic carbocycles. The van der Waals surface area contributed by atoms with Gasteiger partial charge in [-0.2, -0.15) is 0 Å². The zero-order valence-corrected chi connectivity index (χ0v) is 13.5. The lowest BCUT2D eigenvalue weighted by Crippen LogP contribution is -2.42. The van der Waals surface area contributed by atoms with Crippen LogP contribution in [-0.2, 0) is 9.84 Å². The lowest BCUT2D eigenvalue weighted by molar-refractivity contribution is 0.0694. The van der Waals surface area contributed by atoms with E-state index in [9.17, 15) is 13.2 Å². The minimum absolute atomic E-state index is 0.0420. The fraction of sp³-hybridized carbons (Fsp3) is 0.571. The molecule has 2 heterocycles. The molecule has 1 atom stereocenters. The molecule has 1 aromatic heterocycles. The molecule has 7 heteroatoms. The lowest BCUT2D eigenvalue weighted by Gasteiger charge is -2.28. The first kappa shape index (κ1) is 16.2. The van der Waals surface area contributed by atoms with Gasteiger partial charge in [0.1, 0.15) is 0 Å². The molecule has 0 N–H and O–H groups in total. The summed E-state index contributed by atoms with van der Waals surface area (Å²) in [5, 5.41) is 0.345. The Labute approximate surface area is 130 Å². The van der Waals surface area contributed by atoms with Crippen LogP contribution >= 0.6 is 11.6 Å². The van der Waals surface area contributed by atoms with Crippen LogP contribution in [0.2, 0.25) is 5.02 Å². The van der Waals surface area contributed by atoms with Gasteiger partial charge in [0.25, 0.3) is 5.91 Å². The van der Waals surface area contributed by atoms with Gasteiger partial charge in [0.15, 0.2) is 9.84 Å². The number of pyridine rings is 1. The second-order valence-corrected chi connectivity index (χ2v) is 7.90. The van der Waals surface area contributed by atoms with Gasteiger partial charge in [-0.1, -0.05) is 24.9 Å². The molecule has 2 rings (SSSR count). The van der Waals surface area contributed by atoms with E-state index in [-0.39, 0.29) is 23.5 Å². The molecule has 1 aliphatic heterocycles. The van der Waals surface area contributed by atoms with E-state index in [1.165, 1.54) is 12.4 Å². The number of nitrogens with zero attached hydrogens (tertiary/aromatic N) is 2. The van der Waals surface area contributed by atoms with Gasteiger partial charge in [-0.15, -0.1) is 0 Å². The van der Waals surface area contributed by atoms with Crippen molar-refractivity contribution in [3.8, 4) is 0 Å². The molecule has 0 aromatic carbocycles. The van der Waals surface area contributed by atoms with E-state index < -0.39 is 9.84 Å². The van der Waals surface area contributed by atoms with Crippen molar-refractivity contribution in [2.45, 2.75) is 32.2 Å². The minimum atomic E-state index is -3.03. The molecule has 0 radical (unpaired) electrons. The van der Waals surface area contributed by atoms with Gasteiger partial charge < -0.3 is 4.90 Å². The first-order valence-electron chi connectivity index (χ1n) is 7.05. The van der Waals surface area contributed by atoms with Gasteiger partial charge in [-0.05, 0) is 18.9 Å². The molecule has 5 nitrogen and oxygen atoms in total. The number of carbonyl (C=O) groups is 1. The average Bonchev–Trinajstić information content (AvgIpc) is 2.79. The molecule has 1 amide bonds. The second kappa shape index (κ2) is 6.75. The largest absolute Gasteiger partial charge is 0.335 e. The Hall–Kier alpha value is -1.14. The summed E-state index contributed by atoms with van der Waals surface area (Å²) in [6.07, 6.45) is 5.22. The molecule has 21 heavy (non-hydrogen) atoms. The quantitative estimate of drug-likeness (QED) is 0.829. The van der Waals surface area contributed by atoms with Crippen molar-refractivity contribution >= 4 is 27.3 Å². The third-order valence-electron chi connectivity index (χ3n) is 3.66. The highest BCUT2D eigenvalue weighted by Crippen LogP contribution is 2.23. The van der Waals surface area contributed by atoms with Crippen molar-refractivity contribution < 1.29 is 13.2 Å². The second-order valence-electron chi connectivity index (χ2n) is 5.26. The molecule has 0 saturated carbocycles. The molecule has 116 valence electrons. The predicted octanol–water partition coefficient (Wildman–Crippen LogP) is 2.16. The van der Waals surface area contributed by atoms with Crippen LogP contribution in [0.4, 0.5) is 0 Å². The number of rotatable bonds is 5. The molecular formula is C14H19ClN2O3S. The highest BCUT2D eigenvalue weighted by Gasteiger charge is 2.35. The maximum atomic E-state index is 12.7. The summed E-state index contributed by atoms with van der Waals surface area (Å²) in [5.74, 6) is -0.0436. The maximum Gasteiger partial charge on any atom is 0.257 e. The number of carbonyl (C=O) groups excluding carboxylic acids is 1. The topological polar surface area (TPSA) is 67.3 Å². The Morgan fingerprint density at radius 3 is 2.86 bits per heavy atom. The van der Waals surface area contributed by atoms with E-state index in [2.05, 4.69) is 4.98 Å². The first-order chi connectivity index (χ1) is 9.94. The summed E-state index contributed by atoms with van der Waals surface area (Å²) >= 11 is 6.05. The summed E-state index contributed by atoms with van der Waals surface area (Å²) in [6.45, 7) is 2.58. The maximum absolute atomic E-state index is 12.7. The van der Waals surface area contributed by atoms with Crippen LogP contribution in [0.5, 0.6) is 0 Å². The molecule has 1 unspecified atom stereocenters. The summed E-state index contributed by atoms with van der Waals surface area (Å²) in [4.78, 5) is 18.3. The number of amides is 1. The number of hydrogen-bond donors (Lipinski definition) is 0. The number of sulfone groups is 1. The first-order valence-corrected chi connectivity index (χ1v) is 9.25.